The number of piperidine rings is 1. The smallest absolute Gasteiger partial charge is 0.223 e. The average Bonchev–Trinajstić information content (AvgIpc) is 2.67. The monoisotopic (exact) mass is 456 g/mol. The third-order valence-electron chi connectivity index (χ3n) is 5.75. The molecule has 1 N–H and O–H groups in total. The van der Waals surface area contributed by atoms with Crippen LogP contribution in [0.15, 0.2) is 28.7 Å². The summed E-state index contributed by atoms with van der Waals surface area (Å²) >= 11 is 3.38. The van der Waals surface area contributed by atoms with Crippen molar-refractivity contribution in [1.29, 1.82) is 0 Å². The standard InChI is InChI=1S/C20H29BrN2O3S/c21-19-8-4-7-17(13-19)15-27(25,26)23-11-9-18(10-12-23)20(24)22-14-16-5-2-1-3-6-16/h4,7-8,13,16,18H,1-3,5-6,9-12,14-15H2,(H,22,24). The molecule has 7 heteroatoms. The van der Waals surface area contributed by atoms with E-state index in [-0.39, 0.29) is 17.6 Å². The number of nitrogens with one attached hydrogen (secondary N) is 1. The molecule has 2 fully saturated rings. The predicted octanol–water partition coefficient (Wildman–Crippen LogP) is 3.69. The first-order valence-electron chi connectivity index (χ1n) is 9.94. The zero-order chi connectivity index (χ0) is 19.3. The van der Waals surface area contributed by atoms with Crippen LogP contribution < -0.4 is 5.32 Å². The molecular weight excluding hydrogens is 428 g/mol. The molecule has 1 heterocycles. The van der Waals surface area contributed by atoms with Crippen LogP contribution in [0.3, 0.4) is 0 Å². The summed E-state index contributed by atoms with van der Waals surface area (Å²) in [5, 5.41) is 3.11. The summed E-state index contributed by atoms with van der Waals surface area (Å²) in [6, 6.07) is 7.39. The molecule has 1 aromatic carbocycles. The summed E-state index contributed by atoms with van der Waals surface area (Å²) in [7, 11) is -3.35. The van der Waals surface area contributed by atoms with Crippen molar-refractivity contribution in [3.63, 3.8) is 0 Å². The Balaban J connectivity index is 1.46. The molecule has 2 aliphatic rings. The van der Waals surface area contributed by atoms with E-state index >= 15 is 0 Å². The lowest BCUT2D eigenvalue weighted by atomic mass is 9.89. The Labute approximate surface area is 171 Å². The van der Waals surface area contributed by atoms with Gasteiger partial charge in [0.1, 0.15) is 0 Å². The van der Waals surface area contributed by atoms with Crippen LogP contribution in [-0.4, -0.2) is 38.3 Å². The Morgan fingerprint density at radius 1 is 1.11 bits per heavy atom. The molecule has 0 bridgehead atoms. The fraction of sp³-hybridized carbons (Fsp3) is 0.650. The Morgan fingerprint density at radius 3 is 2.48 bits per heavy atom. The molecule has 1 saturated heterocycles. The van der Waals surface area contributed by atoms with E-state index in [9.17, 15) is 13.2 Å². The van der Waals surface area contributed by atoms with Crippen LogP contribution in [0.1, 0.15) is 50.5 Å². The number of carbonyl (C=O) groups excluding carboxylic acids is 1. The van der Waals surface area contributed by atoms with Gasteiger partial charge < -0.3 is 5.32 Å². The minimum atomic E-state index is -3.35. The van der Waals surface area contributed by atoms with Crippen molar-refractivity contribution in [2.24, 2.45) is 11.8 Å². The Morgan fingerprint density at radius 2 is 1.81 bits per heavy atom. The number of carbonyl (C=O) groups is 1. The Kier molecular flexibility index (Phi) is 7.34. The summed E-state index contributed by atoms with van der Waals surface area (Å²) in [6.45, 7) is 1.63. The van der Waals surface area contributed by atoms with Gasteiger partial charge in [0.15, 0.2) is 0 Å². The fourth-order valence-corrected chi connectivity index (χ4v) is 6.10. The van der Waals surface area contributed by atoms with Crippen molar-refractivity contribution in [2.75, 3.05) is 19.6 Å². The Hall–Kier alpha value is -0.920. The van der Waals surface area contributed by atoms with Gasteiger partial charge in [0.05, 0.1) is 5.75 Å². The number of amides is 1. The van der Waals surface area contributed by atoms with Crippen LogP contribution in [0.4, 0.5) is 0 Å². The maximum atomic E-state index is 12.7. The number of hydrogen-bond acceptors (Lipinski definition) is 3. The van der Waals surface area contributed by atoms with Crippen LogP contribution in [0, 0.1) is 11.8 Å². The molecule has 0 aromatic heterocycles. The van der Waals surface area contributed by atoms with E-state index in [0.29, 0.717) is 31.8 Å². The third kappa shape index (κ3) is 6.03. The molecule has 27 heavy (non-hydrogen) atoms. The summed E-state index contributed by atoms with van der Waals surface area (Å²) in [5.74, 6) is 0.661. The van der Waals surface area contributed by atoms with Gasteiger partial charge in [-0.1, -0.05) is 47.3 Å². The predicted molar refractivity (Wildman–Crippen MR) is 111 cm³/mol. The lowest BCUT2D eigenvalue weighted by molar-refractivity contribution is -0.126. The van der Waals surface area contributed by atoms with E-state index in [2.05, 4.69) is 21.2 Å². The molecule has 1 aromatic rings. The van der Waals surface area contributed by atoms with Crippen LogP contribution in [0.25, 0.3) is 0 Å². The minimum absolute atomic E-state index is 0.00494. The van der Waals surface area contributed by atoms with Gasteiger partial charge in [-0.2, -0.15) is 0 Å². The molecule has 0 unspecified atom stereocenters. The van der Waals surface area contributed by atoms with Gasteiger partial charge in [0.2, 0.25) is 15.9 Å². The van der Waals surface area contributed by atoms with E-state index in [1.807, 2.05) is 24.3 Å². The van der Waals surface area contributed by atoms with Crippen LogP contribution in [0.5, 0.6) is 0 Å². The zero-order valence-corrected chi connectivity index (χ0v) is 18.1. The quantitative estimate of drug-likeness (QED) is 0.709. The van der Waals surface area contributed by atoms with Crippen molar-refractivity contribution in [1.82, 2.24) is 9.62 Å². The van der Waals surface area contributed by atoms with Crippen LogP contribution >= 0.6 is 15.9 Å². The first-order chi connectivity index (χ1) is 12.9. The number of sulfonamides is 1. The molecule has 3 rings (SSSR count). The Bertz CT molecular complexity index is 739. The molecule has 1 aliphatic carbocycles. The minimum Gasteiger partial charge on any atom is -0.356 e. The van der Waals surface area contributed by atoms with E-state index < -0.39 is 10.0 Å². The van der Waals surface area contributed by atoms with Crippen molar-refractivity contribution in [3.05, 3.63) is 34.3 Å². The van der Waals surface area contributed by atoms with Crippen LogP contribution in [-0.2, 0) is 20.6 Å². The van der Waals surface area contributed by atoms with Gasteiger partial charge in [0.25, 0.3) is 0 Å². The molecule has 150 valence electrons. The molecule has 0 radical (unpaired) electrons. The topological polar surface area (TPSA) is 66.5 Å². The first kappa shape index (κ1) is 20.8. The van der Waals surface area contributed by atoms with E-state index in [1.165, 1.54) is 32.1 Å². The molecule has 1 aliphatic heterocycles. The second kappa shape index (κ2) is 9.52. The fourth-order valence-electron chi connectivity index (χ4n) is 4.11. The SMILES string of the molecule is O=C(NCC1CCCCC1)C1CCN(S(=O)(=O)Cc2cccc(Br)c2)CC1. The van der Waals surface area contributed by atoms with E-state index in [4.69, 9.17) is 0 Å². The number of rotatable bonds is 6. The second-order valence-electron chi connectivity index (χ2n) is 7.81. The molecule has 0 spiro atoms. The van der Waals surface area contributed by atoms with Gasteiger partial charge in [-0.25, -0.2) is 12.7 Å². The first-order valence-corrected chi connectivity index (χ1v) is 12.3. The molecule has 5 nitrogen and oxygen atoms in total. The zero-order valence-electron chi connectivity index (χ0n) is 15.7. The second-order valence-corrected chi connectivity index (χ2v) is 10.7. The molecule has 0 atom stereocenters. The van der Waals surface area contributed by atoms with Gasteiger partial charge in [-0.05, 0) is 49.3 Å². The third-order valence-corrected chi connectivity index (χ3v) is 8.09. The summed E-state index contributed by atoms with van der Waals surface area (Å²) in [5.41, 5.74) is 0.775. The van der Waals surface area contributed by atoms with Crippen molar-refractivity contribution in [3.8, 4) is 0 Å². The van der Waals surface area contributed by atoms with Crippen LogP contribution in [0.2, 0.25) is 0 Å². The summed E-state index contributed by atoms with van der Waals surface area (Å²) in [4.78, 5) is 12.4. The summed E-state index contributed by atoms with van der Waals surface area (Å²) in [6.07, 6.45) is 7.50. The lowest BCUT2D eigenvalue weighted by Gasteiger charge is -2.31. The maximum Gasteiger partial charge on any atom is 0.223 e. The largest absolute Gasteiger partial charge is 0.356 e. The number of hydrogen-bond donors (Lipinski definition) is 1. The highest BCUT2D eigenvalue weighted by Crippen LogP contribution is 2.25. The van der Waals surface area contributed by atoms with Crippen molar-refractivity contribution < 1.29 is 13.2 Å². The molecule has 1 saturated carbocycles. The van der Waals surface area contributed by atoms with Gasteiger partial charge in [-0.15, -0.1) is 0 Å². The highest BCUT2D eigenvalue weighted by molar-refractivity contribution is 9.10. The maximum absolute atomic E-state index is 12.7. The summed E-state index contributed by atoms with van der Waals surface area (Å²) < 4.78 is 27.8. The average molecular weight is 457 g/mol. The number of benzene rings is 1. The highest BCUT2D eigenvalue weighted by atomic mass is 79.9. The number of halogens is 1. The van der Waals surface area contributed by atoms with E-state index in [0.717, 1.165) is 16.6 Å². The van der Waals surface area contributed by atoms with Gasteiger partial charge in [0, 0.05) is 30.0 Å². The molecule has 1 amide bonds. The highest BCUT2D eigenvalue weighted by Gasteiger charge is 2.31. The van der Waals surface area contributed by atoms with E-state index in [1.54, 1.807) is 4.31 Å². The van der Waals surface area contributed by atoms with Gasteiger partial charge >= 0.3 is 0 Å². The normalized spacial score (nSPS) is 20.5. The van der Waals surface area contributed by atoms with Crippen molar-refractivity contribution in [2.45, 2.75) is 50.7 Å². The van der Waals surface area contributed by atoms with Gasteiger partial charge in [-0.3, -0.25) is 4.79 Å². The van der Waals surface area contributed by atoms with Crippen molar-refractivity contribution >= 4 is 31.9 Å². The number of nitrogens with zero attached hydrogens (tertiary/aromatic N) is 1. The lowest BCUT2D eigenvalue weighted by Crippen LogP contribution is -2.44. The molecular formula is C20H29BrN2O3S.